The summed E-state index contributed by atoms with van der Waals surface area (Å²) in [4.78, 5) is 28.1. The smallest absolute Gasteiger partial charge is 0.338 e. The Morgan fingerprint density at radius 3 is 2.58 bits per heavy atom. The molecule has 8 heteroatoms. The fourth-order valence-electron chi connectivity index (χ4n) is 3.82. The molecule has 0 radical (unpaired) electrons. The van der Waals surface area contributed by atoms with Gasteiger partial charge in [-0.25, -0.2) is 9.18 Å². The molecule has 0 spiro atoms. The Hall–Kier alpha value is -3.13. The number of amides is 1. The fourth-order valence-corrected chi connectivity index (χ4v) is 3.82. The van der Waals surface area contributed by atoms with Gasteiger partial charge in [0.15, 0.2) is 6.10 Å². The van der Waals surface area contributed by atoms with E-state index in [1.165, 1.54) is 6.07 Å². The third-order valence-corrected chi connectivity index (χ3v) is 5.59. The number of nitrogens with zero attached hydrogens (tertiary/aromatic N) is 2. The van der Waals surface area contributed by atoms with E-state index >= 15 is 0 Å². The summed E-state index contributed by atoms with van der Waals surface area (Å²) >= 11 is 0. The van der Waals surface area contributed by atoms with E-state index < -0.39 is 6.10 Å². The lowest BCUT2D eigenvalue weighted by atomic mass is 10.1. The third-order valence-electron chi connectivity index (χ3n) is 5.59. The summed E-state index contributed by atoms with van der Waals surface area (Å²) in [6.07, 6.45) is -0.628. The first-order chi connectivity index (χ1) is 14.9. The van der Waals surface area contributed by atoms with E-state index in [2.05, 4.69) is 15.1 Å². The minimum atomic E-state index is -0.628. The lowest BCUT2D eigenvalue weighted by molar-refractivity contribution is -0.122. The van der Waals surface area contributed by atoms with Gasteiger partial charge in [-0.1, -0.05) is 0 Å². The molecule has 0 saturated carbocycles. The predicted octanol–water partition coefficient (Wildman–Crippen LogP) is 3.04. The van der Waals surface area contributed by atoms with Gasteiger partial charge in [0.25, 0.3) is 5.91 Å². The summed E-state index contributed by atoms with van der Waals surface area (Å²) in [7, 11) is 0. The van der Waals surface area contributed by atoms with Crippen LogP contribution in [0.2, 0.25) is 0 Å². The number of piperazine rings is 1. The Morgan fingerprint density at radius 2 is 1.90 bits per heavy atom. The van der Waals surface area contributed by atoms with E-state index in [1.807, 2.05) is 12.1 Å². The summed E-state index contributed by atoms with van der Waals surface area (Å²) in [5, 5.41) is 2.77. The Balaban J connectivity index is 1.36. The van der Waals surface area contributed by atoms with Gasteiger partial charge in [0, 0.05) is 50.0 Å². The highest BCUT2D eigenvalue weighted by atomic mass is 19.1. The first kappa shape index (κ1) is 21.1. The van der Waals surface area contributed by atoms with Crippen molar-refractivity contribution < 1.29 is 23.5 Å². The zero-order valence-electron chi connectivity index (χ0n) is 17.7. The SMILES string of the molecule is CCOC(=O)c1ccc(N2CCN(Cc3cc4c(cc3F)OC(C)C(=O)N4)CC2)cc1. The summed E-state index contributed by atoms with van der Waals surface area (Å²) in [6, 6.07) is 10.4. The van der Waals surface area contributed by atoms with Crippen LogP contribution in [-0.4, -0.2) is 55.7 Å². The molecule has 31 heavy (non-hydrogen) atoms. The number of hydrogen-bond acceptors (Lipinski definition) is 6. The monoisotopic (exact) mass is 427 g/mol. The van der Waals surface area contributed by atoms with Gasteiger partial charge in [0.1, 0.15) is 11.6 Å². The minimum Gasteiger partial charge on any atom is -0.479 e. The zero-order valence-corrected chi connectivity index (χ0v) is 17.7. The molecule has 0 aromatic heterocycles. The van der Waals surface area contributed by atoms with Crippen LogP contribution in [0.5, 0.6) is 5.75 Å². The molecule has 1 fully saturated rings. The summed E-state index contributed by atoms with van der Waals surface area (Å²) < 4.78 is 25.1. The van der Waals surface area contributed by atoms with E-state index in [0.29, 0.717) is 35.7 Å². The standard InChI is InChI=1S/C23H26FN3O4/c1-3-30-23(29)16-4-6-18(7-5-16)27-10-8-26(9-11-27)14-17-12-20-21(13-19(17)24)31-15(2)22(28)25-20/h4-7,12-13,15H,3,8-11,14H2,1-2H3,(H,25,28). The number of nitrogens with one attached hydrogen (secondary N) is 1. The fraction of sp³-hybridized carbons (Fsp3) is 0.391. The van der Waals surface area contributed by atoms with E-state index in [9.17, 15) is 14.0 Å². The van der Waals surface area contributed by atoms with Crippen LogP contribution in [0.4, 0.5) is 15.8 Å². The summed E-state index contributed by atoms with van der Waals surface area (Å²) in [5.41, 5.74) is 2.63. The second kappa shape index (κ2) is 8.93. The van der Waals surface area contributed by atoms with Gasteiger partial charge in [-0.05, 0) is 44.2 Å². The van der Waals surface area contributed by atoms with Crippen molar-refractivity contribution in [1.29, 1.82) is 0 Å². The Kier molecular flexibility index (Phi) is 6.08. The number of hydrogen-bond donors (Lipinski definition) is 1. The van der Waals surface area contributed by atoms with Crippen molar-refractivity contribution in [1.82, 2.24) is 4.90 Å². The van der Waals surface area contributed by atoms with E-state index in [-0.39, 0.29) is 17.7 Å². The molecule has 1 saturated heterocycles. The second-order valence-corrected chi connectivity index (χ2v) is 7.72. The average Bonchev–Trinajstić information content (AvgIpc) is 2.77. The molecule has 2 heterocycles. The zero-order chi connectivity index (χ0) is 22.0. The van der Waals surface area contributed by atoms with Crippen LogP contribution in [0.25, 0.3) is 0 Å². The molecular formula is C23H26FN3O4. The van der Waals surface area contributed by atoms with Crippen molar-refractivity contribution in [2.75, 3.05) is 43.0 Å². The summed E-state index contributed by atoms with van der Waals surface area (Å²) in [6.45, 7) is 7.36. The highest BCUT2D eigenvalue weighted by Crippen LogP contribution is 2.33. The molecule has 1 unspecified atom stereocenters. The van der Waals surface area contributed by atoms with E-state index in [1.54, 1.807) is 32.0 Å². The number of halogens is 1. The molecule has 0 aliphatic carbocycles. The van der Waals surface area contributed by atoms with Crippen LogP contribution in [0.15, 0.2) is 36.4 Å². The van der Waals surface area contributed by atoms with Gasteiger partial charge in [-0.3, -0.25) is 9.69 Å². The summed E-state index contributed by atoms with van der Waals surface area (Å²) in [5.74, 6) is -0.516. The molecule has 1 amide bonds. The van der Waals surface area contributed by atoms with Crippen LogP contribution in [-0.2, 0) is 16.1 Å². The molecule has 2 aliphatic rings. The number of fused-ring (bicyclic) bond motifs is 1. The number of carbonyl (C=O) groups excluding carboxylic acids is 2. The Bertz CT molecular complexity index is 972. The number of anilines is 2. The Morgan fingerprint density at radius 1 is 1.19 bits per heavy atom. The average molecular weight is 427 g/mol. The molecule has 1 N–H and O–H groups in total. The normalized spacial score (nSPS) is 18.7. The van der Waals surface area contributed by atoms with Crippen molar-refractivity contribution in [3.63, 3.8) is 0 Å². The van der Waals surface area contributed by atoms with Crippen molar-refractivity contribution in [3.8, 4) is 5.75 Å². The number of esters is 1. The molecular weight excluding hydrogens is 401 g/mol. The quantitative estimate of drug-likeness (QED) is 0.740. The molecule has 0 bridgehead atoms. The molecule has 4 rings (SSSR count). The largest absolute Gasteiger partial charge is 0.479 e. The molecule has 2 aliphatic heterocycles. The lowest BCUT2D eigenvalue weighted by Crippen LogP contribution is -2.46. The van der Waals surface area contributed by atoms with Gasteiger partial charge in [-0.2, -0.15) is 0 Å². The maximum atomic E-state index is 14.6. The Labute approximate surface area is 180 Å². The molecule has 164 valence electrons. The number of rotatable bonds is 5. The van der Waals surface area contributed by atoms with Crippen molar-refractivity contribution in [2.24, 2.45) is 0 Å². The van der Waals surface area contributed by atoms with Gasteiger partial charge in [0.2, 0.25) is 0 Å². The van der Waals surface area contributed by atoms with Crippen molar-refractivity contribution in [2.45, 2.75) is 26.5 Å². The van der Waals surface area contributed by atoms with Gasteiger partial charge in [-0.15, -0.1) is 0 Å². The second-order valence-electron chi connectivity index (χ2n) is 7.72. The number of benzene rings is 2. The van der Waals surface area contributed by atoms with Crippen LogP contribution >= 0.6 is 0 Å². The van der Waals surface area contributed by atoms with E-state index in [0.717, 1.165) is 31.9 Å². The maximum absolute atomic E-state index is 14.6. The molecule has 1 atom stereocenters. The third kappa shape index (κ3) is 4.64. The molecule has 7 nitrogen and oxygen atoms in total. The minimum absolute atomic E-state index is 0.229. The lowest BCUT2D eigenvalue weighted by Gasteiger charge is -2.36. The van der Waals surface area contributed by atoms with Crippen LogP contribution in [0.1, 0.15) is 29.8 Å². The van der Waals surface area contributed by atoms with Crippen LogP contribution in [0, 0.1) is 5.82 Å². The predicted molar refractivity (Wildman–Crippen MR) is 115 cm³/mol. The van der Waals surface area contributed by atoms with Crippen LogP contribution < -0.4 is 15.0 Å². The van der Waals surface area contributed by atoms with Crippen molar-refractivity contribution >= 4 is 23.3 Å². The number of carbonyl (C=O) groups is 2. The molecule has 2 aromatic rings. The topological polar surface area (TPSA) is 71.1 Å². The first-order valence-corrected chi connectivity index (χ1v) is 10.5. The van der Waals surface area contributed by atoms with Gasteiger partial charge in [0.05, 0.1) is 17.9 Å². The van der Waals surface area contributed by atoms with Gasteiger partial charge >= 0.3 is 5.97 Å². The molecule has 2 aromatic carbocycles. The first-order valence-electron chi connectivity index (χ1n) is 10.5. The van der Waals surface area contributed by atoms with Crippen LogP contribution in [0.3, 0.4) is 0 Å². The van der Waals surface area contributed by atoms with Crippen molar-refractivity contribution in [3.05, 3.63) is 53.3 Å². The highest BCUT2D eigenvalue weighted by Gasteiger charge is 2.26. The van der Waals surface area contributed by atoms with E-state index in [4.69, 9.17) is 9.47 Å². The number of ether oxygens (including phenoxy) is 2. The maximum Gasteiger partial charge on any atom is 0.338 e. The van der Waals surface area contributed by atoms with Gasteiger partial charge < -0.3 is 19.7 Å². The highest BCUT2D eigenvalue weighted by molar-refractivity contribution is 5.97.